The largest absolute Gasteiger partial charge is 0.489 e. The van der Waals surface area contributed by atoms with Gasteiger partial charge >= 0.3 is 0 Å². The lowest BCUT2D eigenvalue weighted by Crippen LogP contribution is -2.41. The van der Waals surface area contributed by atoms with E-state index in [0.29, 0.717) is 6.54 Å². The Kier molecular flexibility index (Phi) is 8.14. The molecule has 5 nitrogen and oxygen atoms in total. The number of nitrogens with zero attached hydrogens (tertiary/aromatic N) is 2. The molecule has 0 aliphatic carbocycles. The summed E-state index contributed by atoms with van der Waals surface area (Å²) in [5.74, 6) is 1.67. The van der Waals surface area contributed by atoms with E-state index in [2.05, 4.69) is 78.8 Å². The van der Waals surface area contributed by atoms with E-state index >= 15 is 0 Å². The predicted octanol–water partition coefficient (Wildman–Crippen LogP) is 3.19. The Morgan fingerprint density at radius 2 is 1.81 bits per heavy atom. The Labute approximate surface area is 163 Å². The summed E-state index contributed by atoms with van der Waals surface area (Å²) < 4.78 is 5.96. The van der Waals surface area contributed by atoms with Crippen molar-refractivity contribution in [3.63, 3.8) is 0 Å². The maximum absolute atomic E-state index is 5.96. The maximum Gasteiger partial charge on any atom is 0.191 e. The Hall–Kier alpha value is -2.53. The number of guanidine groups is 1. The molecule has 1 unspecified atom stereocenters. The summed E-state index contributed by atoms with van der Waals surface area (Å²) in [7, 11) is 5.95. The quantitative estimate of drug-likeness (QED) is 0.555. The molecular formula is C22H32N4O. The van der Waals surface area contributed by atoms with Crippen molar-refractivity contribution in [2.75, 3.05) is 27.7 Å². The average Bonchev–Trinajstić information content (AvgIpc) is 2.62. The molecule has 2 N–H and O–H groups in total. The highest BCUT2D eigenvalue weighted by molar-refractivity contribution is 5.79. The lowest BCUT2D eigenvalue weighted by atomic mass is 10.1. The zero-order valence-electron chi connectivity index (χ0n) is 17.1. The summed E-state index contributed by atoms with van der Waals surface area (Å²) in [6.45, 7) is 6.44. The molecule has 0 heterocycles. The zero-order valence-corrected chi connectivity index (χ0v) is 17.1. The van der Waals surface area contributed by atoms with Gasteiger partial charge in [0.15, 0.2) is 5.96 Å². The lowest BCUT2D eigenvalue weighted by molar-refractivity contribution is 0.223. The molecule has 1 atom stereocenters. The first-order valence-electron chi connectivity index (χ1n) is 9.37. The molecule has 146 valence electrons. The predicted molar refractivity (Wildman–Crippen MR) is 113 cm³/mol. The van der Waals surface area contributed by atoms with Gasteiger partial charge in [0, 0.05) is 20.1 Å². The second kappa shape index (κ2) is 10.6. The Bertz CT molecular complexity index is 743. The number of rotatable bonds is 8. The molecule has 0 fully saturated rings. The van der Waals surface area contributed by atoms with Crippen LogP contribution in [-0.2, 0) is 13.1 Å². The summed E-state index contributed by atoms with van der Waals surface area (Å²) in [5.41, 5.74) is 3.79. The first-order valence-corrected chi connectivity index (χ1v) is 9.37. The van der Waals surface area contributed by atoms with Crippen molar-refractivity contribution in [1.82, 2.24) is 15.5 Å². The van der Waals surface area contributed by atoms with Gasteiger partial charge in [-0.15, -0.1) is 0 Å². The highest BCUT2D eigenvalue weighted by Gasteiger charge is 2.07. The molecule has 5 heteroatoms. The van der Waals surface area contributed by atoms with Gasteiger partial charge in [-0.05, 0) is 56.8 Å². The van der Waals surface area contributed by atoms with Crippen LogP contribution in [0.3, 0.4) is 0 Å². The molecule has 0 spiro atoms. The number of hydrogen-bond donors (Lipinski definition) is 2. The maximum atomic E-state index is 5.96. The lowest BCUT2D eigenvalue weighted by Gasteiger charge is -2.19. The molecule has 0 radical (unpaired) electrons. The molecule has 0 amide bonds. The molecule has 0 saturated heterocycles. The molecule has 0 saturated carbocycles. The molecule has 0 aromatic heterocycles. The highest BCUT2D eigenvalue weighted by atomic mass is 16.5. The Morgan fingerprint density at radius 3 is 2.48 bits per heavy atom. The molecule has 0 aliphatic rings. The summed E-state index contributed by atoms with van der Waals surface area (Å²) in [4.78, 5) is 6.49. The molecule has 2 aromatic carbocycles. The van der Waals surface area contributed by atoms with Crippen LogP contribution >= 0.6 is 0 Å². The normalized spacial score (nSPS) is 12.7. The minimum absolute atomic E-state index is 0.0337. The van der Waals surface area contributed by atoms with Crippen LogP contribution in [0.25, 0.3) is 0 Å². The van der Waals surface area contributed by atoms with Gasteiger partial charge in [-0.2, -0.15) is 0 Å². The van der Waals surface area contributed by atoms with E-state index in [-0.39, 0.29) is 6.10 Å². The molecule has 27 heavy (non-hydrogen) atoms. The number of nitrogens with one attached hydrogen (secondary N) is 2. The third-order valence-electron chi connectivity index (χ3n) is 4.16. The Morgan fingerprint density at radius 1 is 1.07 bits per heavy atom. The molecule has 0 aliphatic heterocycles. The SMILES string of the molecule is CN=C(NCc1ccccc1CN(C)C)NCC(C)Oc1cccc(C)c1. The summed E-state index contributed by atoms with van der Waals surface area (Å²) >= 11 is 0. The van der Waals surface area contributed by atoms with Crippen molar-refractivity contribution in [2.45, 2.75) is 33.0 Å². The number of aryl methyl sites for hydroxylation is 1. The van der Waals surface area contributed by atoms with Crippen LogP contribution < -0.4 is 15.4 Å². The standard InChI is InChI=1S/C22H32N4O/c1-17-9-8-12-21(13-17)27-18(2)14-24-22(23-3)25-15-19-10-6-7-11-20(19)16-26(4)5/h6-13,18H,14-16H2,1-5H3,(H2,23,24,25). The van der Waals surface area contributed by atoms with E-state index in [4.69, 9.17) is 4.74 Å². The van der Waals surface area contributed by atoms with Crippen molar-refractivity contribution < 1.29 is 4.74 Å². The first kappa shape index (κ1) is 20.8. The highest BCUT2D eigenvalue weighted by Crippen LogP contribution is 2.14. The summed E-state index contributed by atoms with van der Waals surface area (Å²) in [6.07, 6.45) is 0.0337. The van der Waals surface area contributed by atoms with Crippen molar-refractivity contribution in [3.05, 3.63) is 65.2 Å². The molecular weight excluding hydrogens is 336 g/mol. The van der Waals surface area contributed by atoms with E-state index in [9.17, 15) is 0 Å². The second-order valence-corrected chi connectivity index (χ2v) is 7.06. The third kappa shape index (κ3) is 7.31. The smallest absolute Gasteiger partial charge is 0.191 e. The summed E-state index contributed by atoms with van der Waals surface area (Å²) in [5, 5.41) is 6.73. The molecule has 2 aromatic rings. The van der Waals surface area contributed by atoms with E-state index < -0.39 is 0 Å². The van der Waals surface area contributed by atoms with E-state index in [1.165, 1.54) is 16.7 Å². The van der Waals surface area contributed by atoms with Gasteiger partial charge in [-0.25, -0.2) is 0 Å². The van der Waals surface area contributed by atoms with E-state index in [1.54, 1.807) is 7.05 Å². The topological polar surface area (TPSA) is 48.9 Å². The fourth-order valence-electron chi connectivity index (χ4n) is 2.83. The first-order chi connectivity index (χ1) is 13.0. The number of benzene rings is 2. The van der Waals surface area contributed by atoms with Crippen LogP contribution in [0.4, 0.5) is 0 Å². The minimum Gasteiger partial charge on any atom is -0.489 e. The average molecular weight is 369 g/mol. The van der Waals surface area contributed by atoms with Crippen molar-refractivity contribution in [3.8, 4) is 5.75 Å². The van der Waals surface area contributed by atoms with Gasteiger partial charge < -0.3 is 20.3 Å². The van der Waals surface area contributed by atoms with E-state index in [0.717, 1.165) is 24.8 Å². The fourth-order valence-corrected chi connectivity index (χ4v) is 2.83. The zero-order chi connectivity index (χ0) is 19.6. The van der Waals surface area contributed by atoms with Crippen LogP contribution in [0.15, 0.2) is 53.5 Å². The van der Waals surface area contributed by atoms with Crippen LogP contribution in [0.2, 0.25) is 0 Å². The van der Waals surface area contributed by atoms with Crippen LogP contribution in [0.5, 0.6) is 5.75 Å². The van der Waals surface area contributed by atoms with Gasteiger partial charge in [0.25, 0.3) is 0 Å². The molecule has 0 bridgehead atoms. The number of ether oxygens (including phenoxy) is 1. The van der Waals surface area contributed by atoms with Crippen molar-refractivity contribution in [2.24, 2.45) is 4.99 Å². The van der Waals surface area contributed by atoms with Crippen LogP contribution in [-0.4, -0.2) is 44.7 Å². The monoisotopic (exact) mass is 368 g/mol. The van der Waals surface area contributed by atoms with Gasteiger partial charge in [0.2, 0.25) is 0 Å². The van der Waals surface area contributed by atoms with Crippen LogP contribution in [0.1, 0.15) is 23.6 Å². The minimum atomic E-state index is 0.0337. The van der Waals surface area contributed by atoms with E-state index in [1.807, 2.05) is 18.2 Å². The summed E-state index contributed by atoms with van der Waals surface area (Å²) in [6, 6.07) is 16.6. The van der Waals surface area contributed by atoms with Crippen molar-refractivity contribution in [1.29, 1.82) is 0 Å². The number of aliphatic imine (C=N–C) groups is 1. The number of hydrogen-bond acceptors (Lipinski definition) is 3. The van der Waals surface area contributed by atoms with Gasteiger partial charge in [-0.3, -0.25) is 4.99 Å². The van der Waals surface area contributed by atoms with Crippen molar-refractivity contribution >= 4 is 5.96 Å². The van der Waals surface area contributed by atoms with Gasteiger partial charge in [0.05, 0.1) is 6.54 Å². The molecule has 2 rings (SSSR count). The fraction of sp³-hybridized carbons (Fsp3) is 0.409. The van der Waals surface area contributed by atoms with Crippen LogP contribution in [0, 0.1) is 6.92 Å². The van der Waals surface area contributed by atoms with Gasteiger partial charge in [0.1, 0.15) is 11.9 Å². The second-order valence-electron chi connectivity index (χ2n) is 7.06. The third-order valence-corrected chi connectivity index (χ3v) is 4.16. The Balaban J connectivity index is 1.84. The van der Waals surface area contributed by atoms with Gasteiger partial charge in [-0.1, -0.05) is 36.4 Å².